The number of nitriles is 3. The smallest absolute Gasteiger partial charge is 0.870 e. The standard InChI is InChI=1S/C30H29NO5.C29H28N2O5.C27H24N2O5.C2HF3O.Li.H2O/c1-3-20-6-5-7-23(12-20)27-14-22(13-25-16-26(10-11-32)36-30(25)27)19-35-28-15-21(18-31)8-9-24(28)17-29(33)34-4-2;1-2-34-28(33)15-23-7-6-20(17-31)13-27(23)35-18-21-11-24-14-25(8-9-32)36-29(24)26(12-21)22-5-3-4-19(10-22)16-30;28-14-17-2-1-3-20(8-17)24-10-19(9-22-12-23(6-7-30)34-27(22)24)16-33-25-11-18(15-29)4-5-21(25)13-26(31)32;3-2(4,5)1-6;;/h5-9,12-16,32H,3-4,10-11,17,19H2,1-2H3;3-7,10-14,32H,2,8-9,15-16,18,30H2,1H3;1-5,8-12,30H,6-7,13-14,16,28H2,(H,31,32);1H;;1H2/q;;;;+1;/p-1. The first-order valence-electron chi connectivity index (χ1n) is 35.9. The van der Waals surface area contributed by atoms with Gasteiger partial charge in [0.1, 0.15) is 71.1 Å². The number of aliphatic hydroxyl groups is 3. The van der Waals surface area contributed by atoms with Crippen LogP contribution in [-0.2, 0) is 107 Å². The van der Waals surface area contributed by atoms with Crippen LogP contribution in [0.4, 0.5) is 13.2 Å². The maximum Gasteiger partial charge on any atom is 1.00 e. The number of aryl methyl sites for hydroxylation is 1. The molecular weight excluding hydrogens is 1460 g/mol. The fourth-order valence-electron chi connectivity index (χ4n) is 12.2. The third kappa shape index (κ3) is 24.8. The van der Waals surface area contributed by atoms with E-state index < -0.39 is 18.4 Å². The molecular formula is C88H83F3LiN5O17. The number of ether oxygens (including phenoxy) is 5. The van der Waals surface area contributed by atoms with Gasteiger partial charge >= 0.3 is 42.9 Å². The van der Waals surface area contributed by atoms with Crippen LogP contribution < -0.4 is 44.5 Å². The summed E-state index contributed by atoms with van der Waals surface area (Å²) in [5.41, 5.74) is 28.5. The number of nitrogens with two attached hydrogens (primary N) is 2. The molecule has 0 atom stereocenters. The van der Waals surface area contributed by atoms with Gasteiger partial charge in [-0.05, 0) is 173 Å². The minimum absolute atomic E-state index is 0. The number of nitrogens with zero attached hydrogens (tertiary/aromatic N) is 3. The largest absolute Gasteiger partial charge is 1.00 e. The molecule has 0 bridgehead atoms. The SMILES string of the molecule is CCOC(=O)Cc1ccc(C#N)cc1OCc1cc(-c2cccc(CC)c2)c2oc(CCO)cc2c1.CCOC(=O)Cc1ccc(C#N)cc1OCc1cc(-c2cccc(CN)c2)c2oc(CCO)cc2c1.N#Cc1ccc(CC(=O)O)c(OCc2cc(-c3cccc(CN)c3)c3oc(CCO)cc3c2)c1.O=CC(F)(F)F.[Li+].[OH-]. The number of aliphatic hydroxyl groups excluding tert-OH is 3. The molecule has 9 aromatic carbocycles. The van der Waals surface area contributed by atoms with Crippen molar-refractivity contribution in [3.8, 4) is 68.8 Å². The van der Waals surface area contributed by atoms with E-state index in [2.05, 4.69) is 43.3 Å². The van der Waals surface area contributed by atoms with E-state index in [1.807, 2.05) is 109 Å². The van der Waals surface area contributed by atoms with E-state index in [4.69, 9.17) is 53.2 Å². The summed E-state index contributed by atoms with van der Waals surface area (Å²) in [5, 5.41) is 67.9. The molecule has 26 heteroatoms. The Bertz CT molecular complexity index is 5220. The monoisotopic (exact) mass is 1550 g/mol. The molecule has 584 valence electrons. The molecule has 0 saturated heterocycles. The summed E-state index contributed by atoms with van der Waals surface area (Å²) in [6.45, 7) is 7.67. The minimum atomic E-state index is -4.64. The zero-order valence-corrected chi connectivity index (χ0v) is 63.2. The van der Waals surface area contributed by atoms with Crippen LogP contribution in [0.25, 0.3) is 66.3 Å². The fraction of sp³-hybridized carbons (Fsp3) is 0.239. The molecule has 0 amide bonds. The van der Waals surface area contributed by atoms with Gasteiger partial charge in [0.2, 0.25) is 6.29 Å². The van der Waals surface area contributed by atoms with Gasteiger partial charge in [-0.25, -0.2) is 0 Å². The average Bonchev–Trinajstić information content (AvgIpc) is 1.61. The Kier molecular flexibility index (Phi) is 33.9. The summed E-state index contributed by atoms with van der Waals surface area (Å²) in [4.78, 5) is 44.1. The summed E-state index contributed by atoms with van der Waals surface area (Å²) in [6.07, 6.45) is -3.61. The second kappa shape index (κ2) is 43.5. The number of benzene rings is 9. The number of hydrogen-bond donors (Lipinski definition) is 6. The van der Waals surface area contributed by atoms with Gasteiger partial charge in [-0.3, -0.25) is 19.2 Å². The molecule has 0 radical (unpaired) electrons. The van der Waals surface area contributed by atoms with Gasteiger partial charge in [0.25, 0.3) is 0 Å². The number of carboxylic acid groups (broad SMARTS) is 1. The number of esters is 2. The summed E-state index contributed by atoms with van der Waals surface area (Å²) in [5.74, 6) is 1.71. The Balaban J connectivity index is 0.000000226. The van der Waals surface area contributed by atoms with E-state index in [0.29, 0.717) is 113 Å². The number of halogens is 3. The summed E-state index contributed by atoms with van der Waals surface area (Å²) >= 11 is 0. The number of furan rings is 3. The van der Waals surface area contributed by atoms with E-state index in [1.165, 1.54) is 5.56 Å². The third-order valence-corrected chi connectivity index (χ3v) is 17.4. The molecule has 22 nitrogen and oxygen atoms in total. The Morgan fingerprint density at radius 3 is 1.05 bits per heavy atom. The molecule has 0 aliphatic carbocycles. The van der Waals surface area contributed by atoms with Crippen LogP contribution in [0.5, 0.6) is 17.2 Å². The van der Waals surface area contributed by atoms with Gasteiger partial charge in [-0.1, -0.05) is 85.8 Å². The zero-order valence-electron chi connectivity index (χ0n) is 63.2. The maximum absolute atomic E-state index is 12.1. The molecule has 3 aromatic heterocycles. The van der Waals surface area contributed by atoms with Crippen LogP contribution in [0, 0.1) is 34.0 Å². The van der Waals surface area contributed by atoms with Crippen molar-refractivity contribution in [2.75, 3.05) is 33.0 Å². The van der Waals surface area contributed by atoms with Crippen molar-refractivity contribution < 1.29 is 114 Å². The molecule has 3 heterocycles. The Labute approximate surface area is 667 Å². The maximum atomic E-state index is 12.1. The second-order valence-corrected chi connectivity index (χ2v) is 25.5. The van der Waals surface area contributed by atoms with Gasteiger partial charge in [-0.2, -0.15) is 29.0 Å². The molecule has 0 aliphatic heterocycles. The molecule has 0 spiro atoms. The number of alkyl halides is 3. The van der Waals surface area contributed by atoms with Gasteiger partial charge in [0.05, 0.1) is 87.2 Å². The number of fused-ring (bicyclic) bond motifs is 3. The first kappa shape index (κ1) is 88.9. The molecule has 12 rings (SSSR count). The second-order valence-electron chi connectivity index (χ2n) is 25.5. The van der Waals surface area contributed by atoms with Crippen LogP contribution in [0.15, 0.2) is 195 Å². The molecule has 9 N–H and O–H groups in total. The number of aliphatic carboxylic acids is 1. The van der Waals surface area contributed by atoms with Gasteiger partial charge in [0.15, 0.2) is 0 Å². The first-order valence-corrected chi connectivity index (χ1v) is 35.9. The van der Waals surface area contributed by atoms with E-state index in [1.54, 1.807) is 68.4 Å². The number of rotatable bonds is 29. The minimum Gasteiger partial charge on any atom is -0.870 e. The van der Waals surface area contributed by atoms with Crippen LogP contribution in [0.2, 0.25) is 0 Å². The Morgan fingerprint density at radius 2 is 0.772 bits per heavy atom. The van der Waals surface area contributed by atoms with Gasteiger partial charge < -0.3 is 74.3 Å². The Morgan fingerprint density at radius 1 is 0.456 bits per heavy atom. The summed E-state index contributed by atoms with van der Waals surface area (Å²) in [6, 6.07) is 63.0. The van der Waals surface area contributed by atoms with E-state index in [0.717, 1.165) is 101 Å². The van der Waals surface area contributed by atoms with Crippen molar-refractivity contribution in [2.45, 2.75) is 105 Å². The van der Waals surface area contributed by atoms with E-state index in [-0.39, 0.29) is 95.2 Å². The number of hydrogen-bond acceptors (Lipinski definition) is 21. The third-order valence-electron chi connectivity index (χ3n) is 17.4. The predicted octanol–water partition coefficient (Wildman–Crippen LogP) is 12.1. The van der Waals surface area contributed by atoms with E-state index in [9.17, 15) is 63.8 Å². The predicted molar refractivity (Wildman–Crippen MR) is 415 cm³/mol. The summed E-state index contributed by atoms with van der Waals surface area (Å²) in [7, 11) is 0. The van der Waals surface area contributed by atoms with Crippen molar-refractivity contribution in [3.05, 3.63) is 266 Å². The quantitative estimate of drug-likeness (QED) is 0.0144. The fourth-order valence-corrected chi connectivity index (χ4v) is 12.2. The number of carbonyl (C=O) groups excluding carboxylic acids is 3. The van der Waals surface area contributed by atoms with Crippen molar-refractivity contribution in [1.82, 2.24) is 0 Å². The zero-order chi connectivity index (χ0) is 80.3. The van der Waals surface area contributed by atoms with Crippen LogP contribution >= 0.6 is 0 Å². The van der Waals surface area contributed by atoms with Gasteiger partial charge in [-0.15, -0.1) is 0 Å². The molecule has 0 aliphatic rings. The van der Waals surface area contributed by atoms with Crippen LogP contribution in [0.1, 0.15) is 105 Å². The average molecular weight is 1550 g/mol. The summed E-state index contributed by atoms with van der Waals surface area (Å²) < 4.78 is 77.9. The molecule has 0 fully saturated rings. The van der Waals surface area contributed by atoms with Gasteiger partial charge in [0, 0.05) is 81.9 Å². The van der Waals surface area contributed by atoms with Crippen LogP contribution in [0.3, 0.4) is 0 Å². The van der Waals surface area contributed by atoms with Crippen molar-refractivity contribution in [2.24, 2.45) is 11.5 Å². The number of aldehydes is 1. The molecule has 114 heavy (non-hydrogen) atoms. The Hall–Kier alpha value is -12.3. The van der Waals surface area contributed by atoms with Crippen molar-refractivity contribution in [3.63, 3.8) is 0 Å². The topological polar surface area (TPSA) is 388 Å². The van der Waals surface area contributed by atoms with Crippen molar-refractivity contribution >= 4 is 57.1 Å². The molecule has 0 unspecified atom stereocenters. The normalized spacial score (nSPS) is 10.7. The number of carboxylic acids is 1. The number of carbonyl (C=O) groups is 4. The van der Waals surface area contributed by atoms with Crippen molar-refractivity contribution in [1.29, 1.82) is 15.8 Å². The van der Waals surface area contributed by atoms with E-state index >= 15 is 0 Å². The molecule has 12 aromatic rings. The molecule has 0 saturated carbocycles. The van der Waals surface area contributed by atoms with Crippen LogP contribution in [-0.4, -0.2) is 89.3 Å². The first-order chi connectivity index (χ1) is 54.1.